The molecule has 0 radical (unpaired) electrons. The van der Waals surface area contributed by atoms with Gasteiger partial charge in [0.2, 0.25) is 0 Å². The molecule has 0 aromatic carbocycles. The van der Waals surface area contributed by atoms with Crippen molar-refractivity contribution in [3.63, 3.8) is 0 Å². The molecule has 0 unspecified atom stereocenters. The van der Waals surface area contributed by atoms with Crippen LogP contribution in [-0.4, -0.2) is 37.3 Å². The van der Waals surface area contributed by atoms with Crippen LogP contribution in [0, 0.1) is 0 Å². The fourth-order valence-electron chi connectivity index (χ4n) is 2.59. The maximum Gasteiger partial charge on any atom is 0.282 e. The molecule has 0 aliphatic rings. The van der Waals surface area contributed by atoms with Gasteiger partial charge in [-0.15, -0.1) is 0 Å². The molecular weight excluding hydrogens is 340 g/mol. The molecule has 0 aliphatic heterocycles. The van der Waals surface area contributed by atoms with Gasteiger partial charge in [-0.05, 0) is 40.0 Å². The minimum absolute atomic E-state index is 0.620. The molecule has 3 nitrogen and oxygen atoms in total. The fourth-order valence-corrected chi connectivity index (χ4v) is 4.87. The molecule has 0 amide bonds. The van der Waals surface area contributed by atoms with Gasteiger partial charge >= 0.3 is 0 Å². The third kappa shape index (κ3) is 13.8. The largest absolute Gasteiger partial charge is 0.328 e. The Morgan fingerprint density at radius 3 is 1.54 bits per heavy atom. The number of rotatable bonds is 19. The second-order valence-electron chi connectivity index (χ2n) is 5.85. The lowest BCUT2D eigenvalue weighted by atomic mass is 10.1. The van der Waals surface area contributed by atoms with Crippen molar-refractivity contribution in [3.05, 3.63) is 0 Å². The van der Waals surface area contributed by atoms with E-state index in [2.05, 4.69) is 6.92 Å². The monoisotopic (exact) mass is 380 g/mol. The summed E-state index contributed by atoms with van der Waals surface area (Å²) in [5.74, 6) is 1.78. The van der Waals surface area contributed by atoms with Crippen LogP contribution in [0.3, 0.4) is 0 Å². The zero-order chi connectivity index (χ0) is 17.9. The van der Waals surface area contributed by atoms with Gasteiger partial charge in [0.1, 0.15) is 0 Å². The minimum Gasteiger partial charge on any atom is -0.328 e. The second kappa shape index (κ2) is 18.4. The van der Waals surface area contributed by atoms with E-state index < -0.39 is 5.97 Å². The molecule has 0 aromatic rings. The van der Waals surface area contributed by atoms with E-state index in [1.807, 2.05) is 42.4 Å². The van der Waals surface area contributed by atoms with Crippen molar-refractivity contribution >= 4 is 21.6 Å². The molecule has 24 heavy (non-hydrogen) atoms. The zero-order valence-corrected chi connectivity index (χ0v) is 18.1. The van der Waals surface area contributed by atoms with Gasteiger partial charge in [-0.1, -0.05) is 60.6 Å². The molecule has 0 N–H and O–H groups in total. The highest BCUT2D eigenvalue weighted by Gasteiger charge is 2.31. The molecule has 0 saturated carbocycles. The van der Waals surface area contributed by atoms with E-state index >= 15 is 0 Å². The third-order valence-electron chi connectivity index (χ3n) is 3.67. The minimum atomic E-state index is -0.814. The summed E-state index contributed by atoms with van der Waals surface area (Å²) in [5, 5.41) is 0. The van der Waals surface area contributed by atoms with Crippen LogP contribution in [0.15, 0.2) is 0 Å². The summed E-state index contributed by atoms with van der Waals surface area (Å²) < 4.78 is 17.3. The Hall–Kier alpha value is 0.580. The normalized spacial score (nSPS) is 12.0. The highest BCUT2D eigenvalue weighted by molar-refractivity contribution is 8.76. The standard InChI is InChI=1S/C19H40O3S2/c1-5-17-23-24-18-15-13-11-9-10-12-14-16-19(20-6-2,21-7-3)22-8-4/h5-18H2,1-4H3. The van der Waals surface area contributed by atoms with Crippen LogP contribution in [0.1, 0.15) is 85.5 Å². The van der Waals surface area contributed by atoms with E-state index in [0.717, 1.165) is 12.8 Å². The van der Waals surface area contributed by atoms with E-state index in [9.17, 15) is 0 Å². The van der Waals surface area contributed by atoms with Crippen molar-refractivity contribution in [1.82, 2.24) is 0 Å². The smallest absolute Gasteiger partial charge is 0.282 e. The average Bonchev–Trinajstić information content (AvgIpc) is 2.56. The van der Waals surface area contributed by atoms with Crippen LogP contribution in [0.5, 0.6) is 0 Å². The number of unbranched alkanes of at least 4 members (excludes halogenated alkanes) is 6. The fraction of sp³-hybridized carbons (Fsp3) is 1.00. The Balaban J connectivity index is 3.60. The summed E-state index contributed by atoms with van der Waals surface area (Å²) in [6.07, 6.45) is 11.2. The molecule has 5 heteroatoms. The van der Waals surface area contributed by atoms with Crippen molar-refractivity contribution in [2.45, 2.75) is 91.5 Å². The molecule has 0 atom stereocenters. The van der Waals surface area contributed by atoms with Gasteiger partial charge in [-0.25, -0.2) is 0 Å². The lowest BCUT2D eigenvalue weighted by Crippen LogP contribution is -2.39. The van der Waals surface area contributed by atoms with Gasteiger partial charge in [-0.3, -0.25) is 0 Å². The molecule has 0 fully saturated rings. The Morgan fingerprint density at radius 2 is 1.04 bits per heavy atom. The Kier molecular flexibility index (Phi) is 18.8. The first-order valence-corrected chi connectivity index (χ1v) is 12.4. The lowest BCUT2D eigenvalue weighted by Gasteiger charge is -2.32. The first kappa shape index (κ1) is 24.6. The van der Waals surface area contributed by atoms with Gasteiger partial charge in [0.15, 0.2) is 0 Å². The highest BCUT2D eigenvalue weighted by Crippen LogP contribution is 2.25. The van der Waals surface area contributed by atoms with Crippen molar-refractivity contribution in [2.75, 3.05) is 31.3 Å². The average molecular weight is 381 g/mol. The van der Waals surface area contributed by atoms with E-state index in [-0.39, 0.29) is 0 Å². The third-order valence-corrected chi connectivity index (χ3v) is 6.37. The van der Waals surface area contributed by atoms with Crippen molar-refractivity contribution in [3.8, 4) is 0 Å². The summed E-state index contributed by atoms with van der Waals surface area (Å²) in [6, 6.07) is 0. The molecule has 0 aromatic heterocycles. The summed E-state index contributed by atoms with van der Waals surface area (Å²) in [4.78, 5) is 0. The van der Waals surface area contributed by atoms with Crippen LogP contribution in [0.2, 0.25) is 0 Å². The molecule has 0 rings (SSSR count). The maximum absolute atomic E-state index is 5.76. The van der Waals surface area contributed by atoms with Crippen LogP contribution in [-0.2, 0) is 14.2 Å². The summed E-state index contributed by atoms with van der Waals surface area (Å²) in [5.41, 5.74) is 0. The summed E-state index contributed by atoms with van der Waals surface area (Å²) in [6.45, 7) is 10.1. The zero-order valence-electron chi connectivity index (χ0n) is 16.4. The summed E-state index contributed by atoms with van der Waals surface area (Å²) >= 11 is 0. The first-order valence-electron chi connectivity index (χ1n) is 9.90. The Labute approximate surface area is 158 Å². The molecule has 0 heterocycles. The van der Waals surface area contributed by atoms with E-state index in [0.29, 0.717) is 19.8 Å². The van der Waals surface area contributed by atoms with Crippen LogP contribution < -0.4 is 0 Å². The SMILES string of the molecule is CCCSSCCCCCCCCCC(OCC)(OCC)OCC. The van der Waals surface area contributed by atoms with Gasteiger partial charge in [0.25, 0.3) is 5.97 Å². The Bertz CT molecular complexity index is 236. The number of hydrogen-bond acceptors (Lipinski definition) is 5. The van der Waals surface area contributed by atoms with E-state index in [1.54, 1.807) is 0 Å². The lowest BCUT2D eigenvalue weighted by molar-refractivity contribution is -0.380. The van der Waals surface area contributed by atoms with Crippen molar-refractivity contribution < 1.29 is 14.2 Å². The first-order chi connectivity index (χ1) is 11.7. The predicted molar refractivity (Wildman–Crippen MR) is 110 cm³/mol. The molecular formula is C19H40O3S2. The van der Waals surface area contributed by atoms with Gasteiger partial charge in [-0.2, -0.15) is 0 Å². The second-order valence-corrected chi connectivity index (χ2v) is 8.55. The summed E-state index contributed by atoms with van der Waals surface area (Å²) in [7, 11) is 4.06. The van der Waals surface area contributed by atoms with E-state index in [1.165, 1.54) is 56.5 Å². The number of ether oxygens (including phenoxy) is 3. The number of hydrogen-bond donors (Lipinski definition) is 0. The van der Waals surface area contributed by atoms with Crippen LogP contribution >= 0.6 is 21.6 Å². The van der Waals surface area contributed by atoms with E-state index in [4.69, 9.17) is 14.2 Å². The predicted octanol–water partition coefficient (Wildman–Crippen LogP) is 6.66. The molecule has 0 spiro atoms. The molecule has 0 bridgehead atoms. The topological polar surface area (TPSA) is 27.7 Å². The van der Waals surface area contributed by atoms with Gasteiger partial charge in [0.05, 0.1) is 0 Å². The molecule has 146 valence electrons. The van der Waals surface area contributed by atoms with Crippen molar-refractivity contribution in [1.29, 1.82) is 0 Å². The van der Waals surface area contributed by atoms with Gasteiger partial charge in [0, 0.05) is 37.7 Å². The van der Waals surface area contributed by atoms with Crippen LogP contribution in [0.4, 0.5) is 0 Å². The van der Waals surface area contributed by atoms with Gasteiger partial charge < -0.3 is 14.2 Å². The maximum atomic E-state index is 5.76. The van der Waals surface area contributed by atoms with Crippen LogP contribution in [0.25, 0.3) is 0 Å². The Morgan fingerprint density at radius 1 is 0.583 bits per heavy atom. The molecule has 0 saturated heterocycles. The quantitative estimate of drug-likeness (QED) is 0.142. The molecule has 0 aliphatic carbocycles. The highest BCUT2D eigenvalue weighted by atomic mass is 33.1. The van der Waals surface area contributed by atoms with Crippen molar-refractivity contribution in [2.24, 2.45) is 0 Å².